The quantitative estimate of drug-likeness (QED) is 0.901. The van der Waals surface area contributed by atoms with Gasteiger partial charge in [-0.25, -0.2) is 8.42 Å². The summed E-state index contributed by atoms with van der Waals surface area (Å²) in [5.74, 6) is 0. The number of rotatable bonds is 2. The molecule has 0 amide bonds. The third-order valence-corrected chi connectivity index (χ3v) is 6.27. The van der Waals surface area contributed by atoms with E-state index >= 15 is 0 Å². The molecule has 0 spiro atoms. The van der Waals surface area contributed by atoms with E-state index < -0.39 is 10.0 Å². The molecule has 0 aliphatic carbocycles. The Morgan fingerprint density at radius 1 is 1.40 bits per heavy atom. The molecule has 0 saturated carbocycles. The monoisotopic (exact) mass is 338 g/mol. The highest BCUT2D eigenvalue weighted by Crippen LogP contribution is 2.30. The van der Waals surface area contributed by atoms with Crippen LogP contribution in [0.4, 0.5) is 0 Å². The second-order valence-corrected chi connectivity index (χ2v) is 7.37. The van der Waals surface area contributed by atoms with Crippen molar-refractivity contribution in [2.75, 3.05) is 6.54 Å². The van der Waals surface area contributed by atoms with Gasteiger partial charge >= 0.3 is 0 Å². The zero-order chi connectivity index (χ0) is 14.2. The number of hydrogen-bond acceptors (Lipinski definition) is 3. The van der Waals surface area contributed by atoms with E-state index in [1.165, 1.54) is 4.31 Å². The largest absolute Gasteiger partial charge is 0.328 e. The van der Waals surface area contributed by atoms with Gasteiger partial charge in [0.05, 0.1) is 5.02 Å². The summed E-state index contributed by atoms with van der Waals surface area (Å²) in [4.78, 5) is 0.191. The van der Waals surface area contributed by atoms with Crippen molar-refractivity contribution in [2.45, 2.75) is 43.7 Å². The van der Waals surface area contributed by atoms with Crippen LogP contribution in [-0.2, 0) is 10.0 Å². The predicted molar refractivity (Wildman–Crippen MR) is 84.0 cm³/mol. The maximum absolute atomic E-state index is 12.7. The highest BCUT2D eigenvalue weighted by atomic mass is 35.5. The van der Waals surface area contributed by atoms with Crippen LogP contribution in [-0.4, -0.2) is 31.4 Å². The van der Waals surface area contributed by atoms with Crippen LogP contribution in [0.25, 0.3) is 0 Å². The van der Waals surface area contributed by atoms with Crippen molar-refractivity contribution in [3.8, 4) is 0 Å². The lowest BCUT2D eigenvalue weighted by atomic mass is 10.0. The van der Waals surface area contributed by atoms with E-state index in [-0.39, 0.29) is 29.4 Å². The molecule has 2 unspecified atom stereocenters. The second-order valence-electron chi connectivity index (χ2n) is 5.14. The zero-order valence-corrected chi connectivity index (χ0v) is 13.9. The first kappa shape index (κ1) is 17.7. The topological polar surface area (TPSA) is 63.4 Å². The molecular formula is C13H20Cl2N2O2S. The summed E-state index contributed by atoms with van der Waals surface area (Å²) in [6, 6.07) is 5.07. The van der Waals surface area contributed by atoms with Crippen LogP contribution in [0, 0.1) is 6.92 Å². The average Bonchev–Trinajstić information content (AvgIpc) is 2.31. The third kappa shape index (κ3) is 3.28. The van der Waals surface area contributed by atoms with Gasteiger partial charge in [-0.3, -0.25) is 0 Å². The van der Waals surface area contributed by atoms with Gasteiger partial charge < -0.3 is 5.73 Å². The molecule has 2 atom stereocenters. The van der Waals surface area contributed by atoms with Gasteiger partial charge in [0.25, 0.3) is 0 Å². The Bertz CT molecular complexity index is 578. The number of piperidine rings is 1. The molecule has 1 aliphatic rings. The Hall–Kier alpha value is -0.330. The summed E-state index contributed by atoms with van der Waals surface area (Å²) in [7, 11) is -3.54. The Kier molecular flexibility index (Phi) is 5.87. The molecule has 114 valence electrons. The van der Waals surface area contributed by atoms with E-state index in [4.69, 9.17) is 17.3 Å². The van der Waals surface area contributed by atoms with E-state index in [1.54, 1.807) is 25.1 Å². The lowest BCUT2D eigenvalue weighted by Crippen LogP contribution is -2.48. The van der Waals surface area contributed by atoms with Gasteiger partial charge in [-0.1, -0.05) is 23.7 Å². The summed E-state index contributed by atoms with van der Waals surface area (Å²) in [6.45, 7) is 4.14. The Balaban J connectivity index is 0.00000200. The molecule has 0 aromatic heterocycles. The number of halogens is 2. The molecule has 7 heteroatoms. The van der Waals surface area contributed by atoms with Gasteiger partial charge in [-0.05, 0) is 38.3 Å². The minimum absolute atomic E-state index is 0. The van der Waals surface area contributed by atoms with Gasteiger partial charge in [0.1, 0.15) is 4.90 Å². The fourth-order valence-corrected chi connectivity index (χ4v) is 4.70. The Labute approximate surface area is 131 Å². The Morgan fingerprint density at radius 3 is 2.65 bits per heavy atom. The Morgan fingerprint density at radius 2 is 2.05 bits per heavy atom. The van der Waals surface area contributed by atoms with Crippen molar-refractivity contribution in [2.24, 2.45) is 5.73 Å². The van der Waals surface area contributed by atoms with Gasteiger partial charge in [0.2, 0.25) is 10.0 Å². The van der Waals surface area contributed by atoms with Crippen LogP contribution in [0.15, 0.2) is 23.1 Å². The fraction of sp³-hybridized carbons (Fsp3) is 0.538. The number of nitrogens with zero attached hydrogens (tertiary/aromatic N) is 1. The number of nitrogens with two attached hydrogens (primary N) is 1. The second kappa shape index (κ2) is 6.62. The highest BCUT2D eigenvalue weighted by Gasteiger charge is 2.34. The van der Waals surface area contributed by atoms with Crippen LogP contribution in [0.5, 0.6) is 0 Å². The van der Waals surface area contributed by atoms with Crippen LogP contribution >= 0.6 is 24.0 Å². The smallest absolute Gasteiger partial charge is 0.244 e. The minimum Gasteiger partial charge on any atom is -0.328 e. The molecule has 2 rings (SSSR count). The molecular weight excluding hydrogens is 319 g/mol. The molecule has 1 aliphatic heterocycles. The summed E-state index contributed by atoms with van der Waals surface area (Å²) >= 11 is 6.14. The first-order valence-corrected chi connectivity index (χ1v) is 8.18. The average molecular weight is 339 g/mol. The van der Waals surface area contributed by atoms with Crippen LogP contribution in [0.1, 0.15) is 25.3 Å². The van der Waals surface area contributed by atoms with Gasteiger partial charge in [-0.2, -0.15) is 4.31 Å². The van der Waals surface area contributed by atoms with Gasteiger partial charge in [0, 0.05) is 18.6 Å². The van der Waals surface area contributed by atoms with Crippen LogP contribution in [0.2, 0.25) is 5.02 Å². The van der Waals surface area contributed by atoms with Crippen LogP contribution < -0.4 is 5.73 Å². The summed E-state index contributed by atoms with van der Waals surface area (Å²) < 4.78 is 26.9. The van der Waals surface area contributed by atoms with Crippen molar-refractivity contribution in [1.29, 1.82) is 0 Å². The van der Waals surface area contributed by atoms with Crippen molar-refractivity contribution in [3.63, 3.8) is 0 Å². The molecule has 1 saturated heterocycles. The van der Waals surface area contributed by atoms with Crippen molar-refractivity contribution in [1.82, 2.24) is 4.31 Å². The first-order chi connectivity index (χ1) is 8.84. The molecule has 20 heavy (non-hydrogen) atoms. The highest BCUT2D eigenvalue weighted by molar-refractivity contribution is 7.89. The molecule has 1 heterocycles. The van der Waals surface area contributed by atoms with Crippen LogP contribution in [0.3, 0.4) is 0 Å². The minimum atomic E-state index is -3.54. The number of aryl methyl sites for hydroxylation is 1. The molecule has 1 aromatic carbocycles. The van der Waals surface area contributed by atoms with E-state index in [0.717, 1.165) is 5.56 Å². The standard InChI is InChI=1S/C13H19ClN2O2S.ClH/c1-9-4-3-5-12(13(9)14)19(17,18)16-7-6-11(15)8-10(16)2;/h3-5,10-11H,6-8,15H2,1-2H3;1H. The zero-order valence-electron chi connectivity index (χ0n) is 11.5. The van der Waals surface area contributed by atoms with E-state index in [9.17, 15) is 8.42 Å². The van der Waals surface area contributed by atoms with Crippen molar-refractivity contribution in [3.05, 3.63) is 28.8 Å². The molecule has 2 N–H and O–H groups in total. The summed E-state index contributed by atoms with van der Waals surface area (Å²) in [6.07, 6.45) is 1.37. The maximum Gasteiger partial charge on any atom is 0.244 e. The predicted octanol–water partition coefficient (Wildman–Crippen LogP) is 2.57. The molecule has 4 nitrogen and oxygen atoms in total. The van der Waals surface area contributed by atoms with Gasteiger partial charge in [-0.15, -0.1) is 12.4 Å². The van der Waals surface area contributed by atoms with Crippen molar-refractivity contribution >= 4 is 34.0 Å². The normalized spacial score (nSPS) is 24.2. The SMILES string of the molecule is Cc1cccc(S(=O)(=O)N2CCC(N)CC2C)c1Cl.Cl. The fourth-order valence-electron chi connectivity index (χ4n) is 2.49. The maximum atomic E-state index is 12.7. The first-order valence-electron chi connectivity index (χ1n) is 6.36. The molecule has 1 aromatic rings. The summed E-state index contributed by atoms with van der Waals surface area (Å²) in [5.41, 5.74) is 6.64. The lowest BCUT2D eigenvalue weighted by Gasteiger charge is -2.35. The lowest BCUT2D eigenvalue weighted by molar-refractivity contribution is 0.247. The summed E-state index contributed by atoms with van der Waals surface area (Å²) in [5, 5.41) is 0.310. The molecule has 1 fully saturated rings. The van der Waals surface area contributed by atoms with Gasteiger partial charge in [0.15, 0.2) is 0 Å². The number of sulfonamides is 1. The van der Waals surface area contributed by atoms with E-state index in [0.29, 0.717) is 24.4 Å². The molecule has 0 bridgehead atoms. The van der Waals surface area contributed by atoms with E-state index in [2.05, 4.69) is 0 Å². The molecule has 0 radical (unpaired) electrons. The third-order valence-electron chi connectivity index (χ3n) is 3.60. The number of hydrogen-bond donors (Lipinski definition) is 1. The van der Waals surface area contributed by atoms with E-state index in [1.807, 2.05) is 6.92 Å². The number of benzene rings is 1. The van der Waals surface area contributed by atoms with Crippen molar-refractivity contribution < 1.29 is 8.42 Å².